The monoisotopic (exact) mass is 187 g/mol. The number of aromatic nitrogens is 2. The van der Waals surface area contributed by atoms with Gasteiger partial charge in [-0.3, -0.25) is 4.68 Å². The fourth-order valence-electron chi connectivity index (χ4n) is 1.66. The van der Waals surface area contributed by atoms with Crippen LogP contribution in [0.3, 0.4) is 0 Å². The Morgan fingerprint density at radius 1 is 1.50 bits per heavy atom. The van der Waals surface area contributed by atoms with Gasteiger partial charge in [0.15, 0.2) is 0 Å². The zero-order valence-electron chi connectivity index (χ0n) is 8.20. The van der Waals surface area contributed by atoms with E-state index in [-0.39, 0.29) is 0 Å². The van der Waals surface area contributed by atoms with Gasteiger partial charge in [-0.2, -0.15) is 5.10 Å². The van der Waals surface area contributed by atoms with Crippen LogP contribution in [0.4, 0.5) is 0 Å². The number of rotatable bonds is 2. The first-order valence-corrected chi connectivity index (χ1v) is 4.54. The summed E-state index contributed by atoms with van der Waals surface area (Å²) in [4.78, 5) is 0. The summed E-state index contributed by atoms with van der Waals surface area (Å²) in [6.07, 6.45) is 0. The number of fused-ring (bicyclic) bond motifs is 1. The molecule has 2 N–H and O–H groups in total. The largest absolute Gasteiger partial charge is 0.326 e. The second kappa shape index (κ2) is 3.27. The number of nitrogens with two attached hydrogens (primary N) is 1. The molecular formula is C11H13N3. The van der Waals surface area contributed by atoms with Crippen molar-refractivity contribution in [3.05, 3.63) is 36.5 Å². The number of hydrogen-bond donors (Lipinski definition) is 1. The Kier molecular flexibility index (Phi) is 2.09. The van der Waals surface area contributed by atoms with Crippen molar-refractivity contribution in [3.8, 4) is 0 Å². The lowest BCUT2D eigenvalue weighted by atomic mass is 10.1. The van der Waals surface area contributed by atoms with E-state index in [0.29, 0.717) is 6.54 Å². The standard InChI is InChI=1S/C11H13N3/c1-8(7-12)11-9-5-3-4-6-10(9)13-14(11)2/h3-6H,1,7,12H2,2H3. The normalized spacial score (nSPS) is 10.7. The molecule has 0 aliphatic heterocycles. The molecule has 0 radical (unpaired) electrons. The summed E-state index contributed by atoms with van der Waals surface area (Å²) >= 11 is 0. The van der Waals surface area contributed by atoms with Gasteiger partial charge in [0.1, 0.15) is 0 Å². The molecule has 0 saturated heterocycles. The quantitative estimate of drug-likeness (QED) is 0.775. The molecular weight excluding hydrogens is 174 g/mol. The van der Waals surface area contributed by atoms with Crippen molar-refractivity contribution < 1.29 is 0 Å². The van der Waals surface area contributed by atoms with Crippen LogP contribution in [0.1, 0.15) is 5.69 Å². The predicted octanol–water partition coefficient (Wildman–Crippen LogP) is 1.55. The lowest BCUT2D eigenvalue weighted by Gasteiger charge is -2.02. The van der Waals surface area contributed by atoms with Crippen LogP contribution < -0.4 is 5.73 Å². The minimum absolute atomic E-state index is 0.462. The molecule has 1 aromatic heterocycles. The van der Waals surface area contributed by atoms with Crippen LogP contribution in [-0.2, 0) is 7.05 Å². The highest BCUT2D eigenvalue weighted by Gasteiger charge is 2.09. The molecule has 1 heterocycles. The molecule has 3 nitrogen and oxygen atoms in total. The van der Waals surface area contributed by atoms with Crippen LogP contribution in [0.5, 0.6) is 0 Å². The molecule has 14 heavy (non-hydrogen) atoms. The van der Waals surface area contributed by atoms with Crippen LogP contribution in [0.2, 0.25) is 0 Å². The van der Waals surface area contributed by atoms with Crippen LogP contribution in [0.25, 0.3) is 16.5 Å². The molecule has 0 aliphatic rings. The molecule has 0 fully saturated rings. The molecule has 0 unspecified atom stereocenters. The first-order valence-electron chi connectivity index (χ1n) is 4.54. The van der Waals surface area contributed by atoms with Crippen molar-refractivity contribution in [1.82, 2.24) is 9.78 Å². The van der Waals surface area contributed by atoms with Crippen LogP contribution in [0, 0.1) is 0 Å². The van der Waals surface area contributed by atoms with Crippen molar-refractivity contribution in [2.24, 2.45) is 12.8 Å². The summed E-state index contributed by atoms with van der Waals surface area (Å²) in [5, 5.41) is 5.50. The first kappa shape index (κ1) is 8.97. The van der Waals surface area contributed by atoms with Gasteiger partial charge in [-0.1, -0.05) is 24.8 Å². The van der Waals surface area contributed by atoms with E-state index in [1.54, 1.807) is 0 Å². The average molecular weight is 187 g/mol. The van der Waals surface area contributed by atoms with Crippen molar-refractivity contribution >= 4 is 16.5 Å². The molecule has 1 aromatic carbocycles. The van der Waals surface area contributed by atoms with Gasteiger partial charge >= 0.3 is 0 Å². The van der Waals surface area contributed by atoms with Crippen molar-refractivity contribution in [3.63, 3.8) is 0 Å². The number of aryl methyl sites for hydroxylation is 1. The molecule has 0 saturated carbocycles. The Hall–Kier alpha value is -1.61. The molecule has 72 valence electrons. The maximum absolute atomic E-state index is 5.58. The second-order valence-electron chi connectivity index (χ2n) is 3.30. The summed E-state index contributed by atoms with van der Waals surface area (Å²) in [6.45, 7) is 4.40. The van der Waals surface area contributed by atoms with Crippen molar-refractivity contribution in [2.75, 3.05) is 6.54 Å². The van der Waals surface area contributed by atoms with Gasteiger partial charge in [0, 0.05) is 19.0 Å². The van der Waals surface area contributed by atoms with E-state index in [9.17, 15) is 0 Å². The van der Waals surface area contributed by atoms with Crippen molar-refractivity contribution in [1.29, 1.82) is 0 Å². The third-order valence-corrected chi connectivity index (χ3v) is 2.32. The maximum atomic E-state index is 5.58. The van der Waals surface area contributed by atoms with Gasteiger partial charge in [0.2, 0.25) is 0 Å². The predicted molar refractivity (Wildman–Crippen MR) is 58.8 cm³/mol. The Morgan fingerprint density at radius 2 is 2.21 bits per heavy atom. The molecule has 0 spiro atoms. The fraction of sp³-hybridized carbons (Fsp3) is 0.182. The summed E-state index contributed by atoms with van der Waals surface area (Å²) in [7, 11) is 1.91. The lowest BCUT2D eigenvalue weighted by molar-refractivity contribution is 0.766. The van der Waals surface area contributed by atoms with E-state index < -0.39 is 0 Å². The highest BCUT2D eigenvalue weighted by molar-refractivity contribution is 5.90. The minimum Gasteiger partial charge on any atom is -0.326 e. The van der Waals surface area contributed by atoms with Gasteiger partial charge in [0.05, 0.1) is 11.2 Å². The van der Waals surface area contributed by atoms with E-state index in [0.717, 1.165) is 22.2 Å². The van der Waals surface area contributed by atoms with Gasteiger partial charge in [0.25, 0.3) is 0 Å². The van der Waals surface area contributed by atoms with Crippen LogP contribution in [0.15, 0.2) is 30.8 Å². The Labute approximate surface area is 82.8 Å². The summed E-state index contributed by atoms with van der Waals surface area (Å²) < 4.78 is 1.83. The number of hydrogen-bond acceptors (Lipinski definition) is 2. The third-order valence-electron chi connectivity index (χ3n) is 2.32. The molecule has 0 amide bonds. The van der Waals surface area contributed by atoms with Gasteiger partial charge in [-0.05, 0) is 11.6 Å². The number of nitrogens with zero attached hydrogens (tertiary/aromatic N) is 2. The van der Waals surface area contributed by atoms with E-state index in [1.165, 1.54) is 0 Å². The van der Waals surface area contributed by atoms with Crippen molar-refractivity contribution in [2.45, 2.75) is 0 Å². The summed E-state index contributed by atoms with van der Waals surface area (Å²) in [5.74, 6) is 0. The highest BCUT2D eigenvalue weighted by Crippen LogP contribution is 2.22. The zero-order chi connectivity index (χ0) is 10.1. The number of benzene rings is 1. The third kappa shape index (κ3) is 1.22. The molecule has 0 bridgehead atoms. The zero-order valence-corrected chi connectivity index (χ0v) is 8.20. The van der Waals surface area contributed by atoms with E-state index >= 15 is 0 Å². The highest BCUT2D eigenvalue weighted by atomic mass is 15.3. The second-order valence-corrected chi connectivity index (χ2v) is 3.30. The van der Waals surface area contributed by atoms with E-state index in [1.807, 2.05) is 36.0 Å². The Morgan fingerprint density at radius 3 is 2.93 bits per heavy atom. The molecule has 0 aliphatic carbocycles. The molecule has 2 aromatic rings. The van der Waals surface area contributed by atoms with E-state index in [4.69, 9.17) is 5.73 Å². The van der Waals surface area contributed by atoms with Gasteiger partial charge in [-0.15, -0.1) is 0 Å². The molecule has 2 rings (SSSR count). The maximum Gasteiger partial charge on any atom is 0.0929 e. The lowest BCUT2D eigenvalue weighted by Crippen LogP contribution is -2.05. The fourth-order valence-corrected chi connectivity index (χ4v) is 1.66. The minimum atomic E-state index is 0.462. The molecule has 3 heteroatoms. The average Bonchev–Trinajstić information content (AvgIpc) is 2.53. The molecule has 0 atom stereocenters. The van der Waals surface area contributed by atoms with E-state index in [2.05, 4.69) is 11.7 Å². The first-order chi connectivity index (χ1) is 6.74. The SMILES string of the molecule is C=C(CN)c1c2ccccc2nn1C. The van der Waals surface area contributed by atoms with Crippen LogP contribution >= 0.6 is 0 Å². The van der Waals surface area contributed by atoms with Gasteiger partial charge < -0.3 is 5.73 Å². The summed E-state index contributed by atoms with van der Waals surface area (Å²) in [5.41, 5.74) is 8.52. The Bertz CT molecular complexity index is 482. The topological polar surface area (TPSA) is 43.8 Å². The van der Waals surface area contributed by atoms with Gasteiger partial charge in [-0.25, -0.2) is 0 Å². The Balaban J connectivity index is 2.74. The smallest absolute Gasteiger partial charge is 0.0929 e. The van der Waals surface area contributed by atoms with Crippen LogP contribution in [-0.4, -0.2) is 16.3 Å². The summed E-state index contributed by atoms with van der Waals surface area (Å²) in [6, 6.07) is 8.00.